The predicted molar refractivity (Wildman–Crippen MR) is 113 cm³/mol. The van der Waals surface area contributed by atoms with Crippen LogP contribution in [0.1, 0.15) is 30.5 Å². The van der Waals surface area contributed by atoms with E-state index in [1.807, 2.05) is 24.3 Å². The molecule has 2 rings (SSSR count). The molecule has 0 saturated carbocycles. The first-order valence-corrected chi connectivity index (χ1v) is 9.40. The third kappa shape index (κ3) is 6.77. The molecule has 0 heterocycles. The van der Waals surface area contributed by atoms with Crippen molar-refractivity contribution >= 4 is 17.6 Å². The summed E-state index contributed by atoms with van der Waals surface area (Å²) in [6, 6.07) is 16.4. The van der Waals surface area contributed by atoms with Crippen LogP contribution in [0, 0.1) is 6.92 Å². The molecule has 144 valence electrons. The van der Waals surface area contributed by atoms with Crippen LogP contribution in [0.2, 0.25) is 0 Å². The number of anilines is 1. The van der Waals surface area contributed by atoms with Gasteiger partial charge in [0.15, 0.2) is 5.96 Å². The Balaban J connectivity index is 1.96. The monoisotopic (exact) mass is 366 g/mol. The molecule has 1 amide bonds. The minimum Gasteiger partial charge on any atom is -0.357 e. The van der Waals surface area contributed by atoms with Crippen LogP contribution in [0.15, 0.2) is 53.5 Å². The fraction of sp³-hybridized carbons (Fsp3) is 0.364. The van der Waals surface area contributed by atoms with E-state index in [9.17, 15) is 4.79 Å². The summed E-state index contributed by atoms with van der Waals surface area (Å²) in [5.41, 5.74) is 4.62. The Hall–Kier alpha value is -2.82. The maximum absolute atomic E-state index is 11.1. The number of amides is 1. The van der Waals surface area contributed by atoms with Crippen LogP contribution >= 0.6 is 0 Å². The summed E-state index contributed by atoms with van der Waals surface area (Å²) in [6.45, 7) is 8.10. The lowest BCUT2D eigenvalue weighted by Crippen LogP contribution is -2.38. The van der Waals surface area contributed by atoms with Crippen molar-refractivity contribution in [2.24, 2.45) is 4.99 Å². The molecular formula is C22H30N4O. The molecule has 5 heteroatoms. The average molecular weight is 367 g/mol. The molecule has 0 fully saturated rings. The number of carbonyl (C=O) groups excluding carboxylic acids is 1. The van der Waals surface area contributed by atoms with Crippen LogP contribution in [0.5, 0.6) is 0 Å². The van der Waals surface area contributed by atoms with Crippen LogP contribution in [0.25, 0.3) is 0 Å². The molecule has 2 aromatic rings. The van der Waals surface area contributed by atoms with Crippen molar-refractivity contribution in [1.82, 2.24) is 10.2 Å². The Morgan fingerprint density at radius 1 is 1.11 bits per heavy atom. The standard InChI is InChI=1S/C22H30N4O/c1-5-23-22(26(4)16-20-9-7-6-8-17(20)2)24-15-14-19-10-12-21(13-11-19)25-18(3)27/h6-13H,5,14-16H2,1-4H3,(H,23,24)(H,25,27). The smallest absolute Gasteiger partial charge is 0.221 e. The van der Waals surface area contributed by atoms with Crippen LogP contribution in [-0.2, 0) is 17.8 Å². The van der Waals surface area contributed by atoms with E-state index >= 15 is 0 Å². The lowest BCUT2D eigenvalue weighted by molar-refractivity contribution is -0.114. The second-order valence-electron chi connectivity index (χ2n) is 6.65. The summed E-state index contributed by atoms with van der Waals surface area (Å²) in [6.07, 6.45) is 0.855. The highest BCUT2D eigenvalue weighted by Gasteiger charge is 2.07. The molecule has 27 heavy (non-hydrogen) atoms. The average Bonchev–Trinajstić information content (AvgIpc) is 2.64. The molecule has 0 radical (unpaired) electrons. The number of carbonyl (C=O) groups is 1. The highest BCUT2D eigenvalue weighted by Crippen LogP contribution is 2.11. The zero-order valence-corrected chi connectivity index (χ0v) is 16.7. The van der Waals surface area contributed by atoms with E-state index in [0.29, 0.717) is 6.54 Å². The third-order valence-corrected chi connectivity index (χ3v) is 4.30. The number of nitrogens with zero attached hydrogens (tertiary/aromatic N) is 2. The first-order valence-electron chi connectivity index (χ1n) is 9.40. The molecule has 0 saturated heterocycles. The van der Waals surface area contributed by atoms with E-state index in [-0.39, 0.29) is 5.91 Å². The van der Waals surface area contributed by atoms with Gasteiger partial charge in [0.2, 0.25) is 5.91 Å². The molecule has 0 aliphatic carbocycles. The number of aryl methyl sites for hydroxylation is 1. The summed E-state index contributed by atoms with van der Waals surface area (Å²) < 4.78 is 0. The summed E-state index contributed by atoms with van der Waals surface area (Å²) >= 11 is 0. The second kappa shape index (κ2) is 10.4. The van der Waals surface area contributed by atoms with Crippen LogP contribution in [0.4, 0.5) is 5.69 Å². The molecule has 0 aliphatic heterocycles. The van der Waals surface area contributed by atoms with Crippen molar-refractivity contribution in [3.8, 4) is 0 Å². The highest BCUT2D eigenvalue weighted by atomic mass is 16.1. The molecule has 0 bridgehead atoms. The Bertz CT molecular complexity index is 768. The molecule has 0 unspecified atom stereocenters. The van der Waals surface area contributed by atoms with Gasteiger partial charge in [-0.25, -0.2) is 0 Å². The van der Waals surface area contributed by atoms with E-state index in [1.54, 1.807) is 0 Å². The number of hydrogen-bond acceptors (Lipinski definition) is 2. The minimum atomic E-state index is -0.0562. The largest absolute Gasteiger partial charge is 0.357 e. The van der Waals surface area contributed by atoms with Crippen molar-refractivity contribution in [3.63, 3.8) is 0 Å². The maximum Gasteiger partial charge on any atom is 0.221 e. The van der Waals surface area contributed by atoms with Crippen molar-refractivity contribution in [3.05, 3.63) is 65.2 Å². The van der Waals surface area contributed by atoms with Gasteiger partial charge in [-0.2, -0.15) is 0 Å². The minimum absolute atomic E-state index is 0.0562. The molecule has 0 atom stereocenters. The van der Waals surface area contributed by atoms with Crippen molar-refractivity contribution < 1.29 is 4.79 Å². The van der Waals surface area contributed by atoms with Gasteiger partial charge in [0.05, 0.1) is 0 Å². The van der Waals surface area contributed by atoms with Gasteiger partial charge >= 0.3 is 0 Å². The Kier molecular flexibility index (Phi) is 7.86. The van der Waals surface area contributed by atoms with E-state index < -0.39 is 0 Å². The van der Waals surface area contributed by atoms with Crippen molar-refractivity contribution in [2.75, 3.05) is 25.5 Å². The third-order valence-electron chi connectivity index (χ3n) is 4.30. The summed E-state index contributed by atoms with van der Waals surface area (Å²) in [7, 11) is 2.07. The van der Waals surface area contributed by atoms with Gasteiger partial charge in [-0.3, -0.25) is 9.79 Å². The molecule has 0 aliphatic rings. The van der Waals surface area contributed by atoms with Crippen molar-refractivity contribution in [1.29, 1.82) is 0 Å². The van der Waals surface area contributed by atoms with Gasteiger partial charge in [-0.15, -0.1) is 0 Å². The second-order valence-corrected chi connectivity index (χ2v) is 6.65. The van der Waals surface area contributed by atoms with E-state index in [2.05, 4.69) is 60.7 Å². The summed E-state index contributed by atoms with van der Waals surface area (Å²) in [5, 5.41) is 6.15. The topological polar surface area (TPSA) is 56.7 Å². The number of nitrogens with one attached hydrogen (secondary N) is 2. The van der Waals surface area contributed by atoms with Crippen molar-refractivity contribution in [2.45, 2.75) is 33.7 Å². The number of rotatable bonds is 7. The van der Waals surface area contributed by atoms with E-state index in [0.717, 1.165) is 31.2 Å². The first-order chi connectivity index (χ1) is 13.0. The number of guanidine groups is 1. The summed E-state index contributed by atoms with van der Waals surface area (Å²) in [5.74, 6) is 0.856. The zero-order chi connectivity index (χ0) is 19.6. The number of hydrogen-bond donors (Lipinski definition) is 2. The van der Waals surface area contributed by atoms with E-state index in [1.165, 1.54) is 23.6 Å². The molecule has 5 nitrogen and oxygen atoms in total. The lowest BCUT2D eigenvalue weighted by atomic mass is 10.1. The normalized spacial score (nSPS) is 11.2. The molecule has 2 aromatic carbocycles. The zero-order valence-electron chi connectivity index (χ0n) is 16.7. The van der Waals surface area contributed by atoms with E-state index in [4.69, 9.17) is 4.99 Å². The Labute approximate surface area is 162 Å². The van der Waals surface area contributed by atoms with Gasteiger partial charge in [-0.1, -0.05) is 36.4 Å². The van der Waals surface area contributed by atoms with Gasteiger partial charge in [0.25, 0.3) is 0 Å². The Morgan fingerprint density at radius 3 is 2.44 bits per heavy atom. The van der Waals surface area contributed by atoms with Crippen LogP contribution < -0.4 is 10.6 Å². The molecular weight excluding hydrogens is 336 g/mol. The van der Waals surface area contributed by atoms with Gasteiger partial charge in [0, 0.05) is 39.3 Å². The fourth-order valence-electron chi connectivity index (χ4n) is 2.84. The fourth-order valence-corrected chi connectivity index (χ4v) is 2.84. The number of benzene rings is 2. The molecule has 2 N–H and O–H groups in total. The molecule has 0 spiro atoms. The van der Waals surface area contributed by atoms with Gasteiger partial charge < -0.3 is 15.5 Å². The first kappa shape index (κ1) is 20.5. The van der Waals surface area contributed by atoms with Gasteiger partial charge in [-0.05, 0) is 49.1 Å². The Morgan fingerprint density at radius 2 is 1.81 bits per heavy atom. The van der Waals surface area contributed by atoms with Crippen LogP contribution in [-0.4, -0.2) is 36.9 Å². The van der Waals surface area contributed by atoms with Gasteiger partial charge in [0.1, 0.15) is 0 Å². The SMILES string of the molecule is CCNC(=NCCc1ccc(NC(C)=O)cc1)N(C)Cc1ccccc1C. The molecule has 0 aromatic heterocycles. The highest BCUT2D eigenvalue weighted by molar-refractivity contribution is 5.88. The summed E-state index contributed by atoms with van der Waals surface area (Å²) in [4.78, 5) is 18.0. The lowest BCUT2D eigenvalue weighted by Gasteiger charge is -2.23. The quantitative estimate of drug-likeness (QED) is 0.581. The predicted octanol–water partition coefficient (Wildman–Crippen LogP) is 3.59. The number of aliphatic imine (C=N–C) groups is 1. The maximum atomic E-state index is 11.1. The van der Waals surface area contributed by atoms with Crippen LogP contribution in [0.3, 0.4) is 0 Å².